The number of unbranched alkanes of at least 4 members (excludes halogenated alkanes) is 1. The smallest absolute Gasteiger partial charge is 0.330 e. The first kappa shape index (κ1) is 18.3. The van der Waals surface area contributed by atoms with E-state index in [1.54, 1.807) is 12.1 Å². The maximum absolute atomic E-state index is 13.0. The molecule has 0 aromatic carbocycles. The van der Waals surface area contributed by atoms with E-state index >= 15 is 0 Å². The van der Waals surface area contributed by atoms with Gasteiger partial charge in [0.15, 0.2) is 5.69 Å². The average molecular weight is 372 g/mol. The molecule has 3 rings (SSSR count). The molecule has 3 heterocycles. The van der Waals surface area contributed by atoms with Crippen LogP contribution >= 0.6 is 0 Å². The van der Waals surface area contributed by atoms with Gasteiger partial charge in [0.1, 0.15) is 17.8 Å². The van der Waals surface area contributed by atoms with Crippen LogP contribution in [0.15, 0.2) is 55.4 Å². The number of nitrogens with one attached hydrogen (secondary N) is 1. The van der Waals surface area contributed by atoms with Crippen LogP contribution in [0.5, 0.6) is 0 Å². The number of aromatic nitrogens is 2. The number of nitrogens with zero attached hydrogens (tertiary/aromatic N) is 2. The Balaban J connectivity index is 2.12. The fraction of sp³-hybridized carbons (Fsp3) is 0.278. The third-order valence-electron chi connectivity index (χ3n) is 4.13. The number of anilines is 2. The van der Waals surface area contributed by atoms with Gasteiger partial charge >= 0.3 is 5.69 Å². The van der Waals surface area contributed by atoms with Crippen LogP contribution in [0.25, 0.3) is 0 Å². The summed E-state index contributed by atoms with van der Waals surface area (Å²) in [5.41, 5.74) is 4.93. The number of rotatable bonds is 7. The average Bonchev–Trinajstić information content (AvgIpc) is 3.34. The standard InChI is InChI=1S/C18H20N4O5/c1-2-3-7-21-15(19)14(16(23)20-18(21)25)22(10-13-5-4-8-27-13)17(24)12-6-9-26-11-12/h4-6,8-9,11H,2-3,7,10,19H2,1H3,(H,20,23,25). The Bertz CT molecular complexity index is 1020. The number of hydrogen-bond donors (Lipinski definition) is 2. The maximum atomic E-state index is 13.0. The van der Waals surface area contributed by atoms with E-state index < -0.39 is 17.2 Å². The molecule has 0 spiro atoms. The number of furan rings is 2. The summed E-state index contributed by atoms with van der Waals surface area (Å²) in [4.78, 5) is 41.1. The van der Waals surface area contributed by atoms with Gasteiger partial charge in [-0.3, -0.25) is 24.0 Å². The molecule has 142 valence electrons. The van der Waals surface area contributed by atoms with Crippen molar-refractivity contribution in [2.45, 2.75) is 32.9 Å². The van der Waals surface area contributed by atoms with Crippen molar-refractivity contribution in [2.75, 3.05) is 10.6 Å². The third-order valence-corrected chi connectivity index (χ3v) is 4.13. The number of amides is 1. The van der Waals surface area contributed by atoms with E-state index in [-0.39, 0.29) is 23.6 Å². The van der Waals surface area contributed by atoms with Crippen LogP contribution in [0.1, 0.15) is 35.9 Å². The van der Waals surface area contributed by atoms with Crippen molar-refractivity contribution in [1.82, 2.24) is 9.55 Å². The molecule has 0 bridgehead atoms. The van der Waals surface area contributed by atoms with Crippen LogP contribution in [-0.4, -0.2) is 15.5 Å². The van der Waals surface area contributed by atoms with Gasteiger partial charge in [-0.05, 0) is 24.6 Å². The van der Waals surface area contributed by atoms with Crippen LogP contribution in [0.3, 0.4) is 0 Å². The van der Waals surface area contributed by atoms with E-state index in [9.17, 15) is 14.4 Å². The van der Waals surface area contributed by atoms with Gasteiger partial charge in [0, 0.05) is 6.54 Å². The van der Waals surface area contributed by atoms with Gasteiger partial charge in [-0.15, -0.1) is 0 Å². The highest BCUT2D eigenvalue weighted by molar-refractivity contribution is 6.06. The van der Waals surface area contributed by atoms with Gasteiger partial charge < -0.3 is 14.6 Å². The lowest BCUT2D eigenvalue weighted by molar-refractivity contribution is 0.0982. The van der Waals surface area contributed by atoms with Crippen molar-refractivity contribution in [3.05, 3.63) is 69.2 Å². The molecule has 0 aliphatic rings. The number of aromatic amines is 1. The minimum absolute atomic E-state index is 0.0315. The lowest BCUT2D eigenvalue weighted by Crippen LogP contribution is -2.40. The van der Waals surface area contributed by atoms with Crippen LogP contribution < -0.4 is 21.9 Å². The monoisotopic (exact) mass is 372 g/mol. The van der Waals surface area contributed by atoms with Gasteiger partial charge in [0.2, 0.25) is 0 Å². The van der Waals surface area contributed by atoms with Crippen molar-refractivity contribution in [3.63, 3.8) is 0 Å². The summed E-state index contributed by atoms with van der Waals surface area (Å²) in [7, 11) is 0. The molecule has 3 aromatic heterocycles. The van der Waals surface area contributed by atoms with Gasteiger partial charge in [0.05, 0.1) is 24.6 Å². The van der Waals surface area contributed by atoms with Gasteiger partial charge in [-0.2, -0.15) is 0 Å². The molecule has 27 heavy (non-hydrogen) atoms. The summed E-state index contributed by atoms with van der Waals surface area (Å²) >= 11 is 0. The largest absolute Gasteiger partial charge is 0.472 e. The topological polar surface area (TPSA) is 127 Å². The summed E-state index contributed by atoms with van der Waals surface area (Å²) in [6.07, 6.45) is 5.63. The molecule has 9 heteroatoms. The molecular weight excluding hydrogens is 352 g/mol. The first-order valence-corrected chi connectivity index (χ1v) is 8.52. The number of hydrogen-bond acceptors (Lipinski definition) is 6. The molecular formula is C18H20N4O5. The molecule has 0 fully saturated rings. The Morgan fingerprint density at radius 1 is 1.30 bits per heavy atom. The summed E-state index contributed by atoms with van der Waals surface area (Å²) in [6.45, 7) is 2.27. The van der Waals surface area contributed by atoms with Crippen LogP contribution in [0, 0.1) is 0 Å². The van der Waals surface area contributed by atoms with E-state index in [4.69, 9.17) is 14.6 Å². The zero-order chi connectivity index (χ0) is 19.4. The lowest BCUT2D eigenvalue weighted by Gasteiger charge is -2.23. The number of carbonyl (C=O) groups excluding carboxylic acids is 1. The third kappa shape index (κ3) is 3.71. The quantitative estimate of drug-likeness (QED) is 0.652. The van der Waals surface area contributed by atoms with Crippen molar-refractivity contribution < 1.29 is 13.6 Å². The number of nitrogen functional groups attached to an aromatic ring is 1. The second-order valence-electron chi connectivity index (χ2n) is 5.98. The van der Waals surface area contributed by atoms with Crippen molar-refractivity contribution in [1.29, 1.82) is 0 Å². The van der Waals surface area contributed by atoms with E-state index in [1.807, 2.05) is 6.92 Å². The molecule has 0 saturated carbocycles. The first-order valence-electron chi connectivity index (χ1n) is 8.52. The number of H-pyrrole nitrogens is 1. The summed E-state index contributed by atoms with van der Waals surface area (Å²) in [6, 6.07) is 4.83. The van der Waals surface area contributed by atoms with Crippen LogP contribution in [0.4, 0.5) is 11.5 Å². The molecule has 0 aliphatic heterocycles. The molecule has 0 radical (unpaired) electrons. The molecule has 0 unspecified atom stereocenters. The van der Waals surface area contributed by atoms with Crippen molar-refractivity contribution >= 4 is 17.4 Å². The Morgan fingerprint density at radius 3 is 2.74 bits per heavy atom. The molecule has 3 aromatic rings. The summed E-state index contributed by atoms with van der Waals surface area (Å²) in [5, 5.41) is 0. The normalized spacial score (nSPS) is 10.9. The number of carbonyl (C=O) groups is 1. The number of nitrogens with two attached hydrogens (primary N) is 1. The first-order chi connectivity index (χ1) is 13.0. The minimum Gasteiger partial charge on any atom is -0.472 e. The van der Waals surface area contributed by atoms with E-state index in [0.717, 1.165) is 6.42 Å². The van der Waals surface area contributed by atoms with E-state index in [2.05, 4.69) is 4.98 Å². The Morgan fingerprint density at radius 2 is 2.11 bits per heavy atom. The lowest BCUT2D eigenvalue weighted by atomic mass is 10.2. The molecule has 3 N–H and O–H groups in total. The van der Waals surface area contributed by atoms with Crippen molar-refractivity contribution in [3.8, 4) is 0 Å². The second-order valence-corrected chi connectivity index (χ2v) is 5.98. The summed E-state index contributed by atoms with van der Waals surface area (Å²) < 4.78 is 11.5. The predicted molar refractivity (Wildman–Crippen MR) is 98.6 cm³/mol. The summed E-state index contributed by atoms with van der Waals surface area (Å²) in [5.74, 6) is -0.115. The highest BCUT2D eigenvalue weighted by Gasteiger charge is 2.26. The zero-order valence-corrected chi connectivity index (χ0v) is 14.8. The Labute approximate surface area is 154 Å². The molecule has 0 saturated heterocycles. The van der Waals surface area contributed by atoms with Gasteiger partial charge in [0.25, 0.3) is 11.5 Å². The van der Waals surface area contributed by atoms with Gasteiger partial charge in [-0.1, -0.05) is 13.3 Å². The highest BCUT2D eigenvalue weighted by Crippen LogP contribution is 2.22. The van der Waals surface area contributed by atoms with Crippen LogP contribution in [-0.2, 0) is 13.1 Å². The molecule has 0 aliphatic carbocycles. The molecule has 0 atom stereocenters. The maximum Gasteiger partial charge on any atom is 0.330 e. The van der Waals surface area contributed by atoms with Crippen molar-refractivity contribution in [2.24, 2.45) is 0 Å². The zero-order valence-electron chi connectivity index (χ0n) is 14.8. The SMILES string of the molecule is CCCCn1c(N)c(N(Cc2ccco2)C(=O)c2ccoc2)c(=O)[nH]c1=O. The van der Waals surface area contributed by atoms with Gasteiger partial charge in [-0.25, -0.2) is 4.79 Å². The Kier molecular flexibility index (Phi) is 5.30. The van der Waals surface area contributed by atoms with Crippen LogP contribution in [0.2, 0.25) is 0 Å². The molecule has 1 amide bonds. The Hall–Kier alpha value is -3.49. The molecule has 9 nitrogen and oxygen atoms in total. The van der Waals surface area contributed by atoms with E-state index in [1.165, 1.54) is 34.3 Å². The second kappa shape index (κ2) is 7.81. The van der Waals surface area contributed by atoms with E-state index in [0.29, 0.717) is 18.7 Å². The minimum atomic E-state index is -0.742. The fourth-order valence-electron chi connectivity index (χ4n) is 2.73. The highest BCUT2D eigenvalue weighted by atomic mass is 16.3. The fourth-order valence-corrected chi connectivity index (χ4v) is 2.73. The predicted octanol–water partition coefficient (Wildman–Crippen LogP) is 1.95.